The van der Waals surface area contributed by atoms with Crippen molar-refractivity contribution in [1.29, 1.82) is 0 Å². The zero-order chi connectivity index (χ0) is 18.3. The van der Waals surface area contributed by atoms with E-state index < -0.39 is 0 Å². The molecular weight excluding hydrogens is 326 g/mol. The van der Waals surface area contributed by atoms with E-state index in [0.29, 0.717) is 12.3 Å². The number of aromatic amines is 1. The summed E-state index contributed by atoms with van der Waals surface area (Å²) in [7, 11) is 0. The summed E-state index contributed by atoms with van der Waals surface area (Å²) in [6.45, 7) is 7.82. The summed E-state index contributed by atoms with van der Waals surface area (Å²) in [6.07, 6.45) is 7.86. The third kappa shape index (κ3) is 2.91. The van der Waals surface area contributed by atoms with Gasteiger partial charge in [-0.05, 0) is 50.3 Å². The molecule has 1 atom stereocenters. The number of fused-ring (bicyclic) bond motifs is 1. The molecule has 1 aliphatic heterocycles. The van der Waals surface area contributed by atoms with E-state index in [0.717, 1.165) is 53.9 Å². The maximum absolute atomic E-state index is 12.9. The Bertz CT molecular complexity index is 940. The van der Waals surface area contributed by atoms with Gasteiger partial charge >= 0.3 is 0 Å². The van der Waals surface area contributed by atoms with E-state index in [2.05, 4.69) is 36.8 Å². The Morgan fingerprint density at radius 3 is 2.96 bits per heavy atom. The van der Waals surface area contributed by atoms with Gasteiger partial charge in [0.15, 0.2) is 0 Å². The molecule has 26 heavy (non-hydrogen) atoms. The minimum absolute atomic E-state index is 0.168. The third-order valence-corrected chi connectivity index (χ3v) is 5.65. The van der Waals surface area contributed by atoms with Crippen LogP contribution in [0.5, 0.6) is 0 Å². The molecule has 0 radical (unpaired) electrons. The van der Waals surface area contributed by atoms with Crippen molar-refractivity contribution in [3.05, 3.63) is 52.8 Å². The van der Waals surface area contributed by atoms with Crippen molar-refractivity contribution in [3.8, 4) is 0 Å². The maximum Gasteiger partial charge on any atom is 0.227 e. The Balaban J connectivity index is 1.55. The lowest BCUT2D eigenvalue weighted by molar-refractivity contribution is -0.131. The normalized spacial score (nSPS) is 17.8. The molecule has 1 saturated heterocycles. The number of carbonyl (C=O) groups is 1. The van der Waals surface area contributed by atoms with Crippen LogP contribution in [0, 0.1) is 20.8 Å². The number of hydrogen-bond acceptors (Lipinski definition) is 3. The van der Waals surface area contributed by atoms with Crippen LogP contribution < -0.4 is 0 Å². The number of amides is 1. The number of hydrogen-bond donors (Lipinski definition) is 1. The standard InChI is InChI=1S/C21H25N3O2/c1-13-9-14(2)19-17(12-26-20(19)15(13)3)10-18(25)24-8-4-5-16(11-24)21-22-6-7-23-21/h6-7,9,12,16H,4-5,8,10-11H2,1-3H3,(H,22,23)/t16-/m1/s1. The highest BCUT2D eigenvalue weighted by Crippen LogP contribution is 2.31. The molecule has 1 aliphatic rings. The molecule has 1 aromatic carbocycles. The molecule has 0 unspecified atom stereocenters. The number of nitrogens with one attached hydrogen (secondary N) is 1. The molecule has 0 saturated carbocycles. The number of rotatable bonds is 3. The third-order valence-electron chi connectivity index (χ3n) is 5.65. The van der Waals surface area contributed by atoms with Crippen LogP contribution in [0.3, 0.4) is 0 Å². The van der Waals surface area contributed by atoms with Gasteiger partial charge < -0.3 is 14.3 Å². The van der Waals surface area contributed by atoms with Gasteiger partial charge in [-0.15, -0.1) is 0 Å². The SMILES string of the molecule is Cc1cc(C)c2c(CC(=O)N3CCC[C@@H](c4ncc[nH]4)C3)coc2c1C. The number of furan rings is 1. The van der Waals surface area contributed by atoms with Crippen LogP contribution in [-0.2, 0) is 11.2 Å². The highest BCUT2D eigenvalue weighted by molar-refractivity contribution is 5.92. The Morgan fingerprint density at radius 1 is 1.35 bits per heavy atom. The first kappa shape index (κ1) is 16.9. The molecule has 1 N–H and O–H groups in total. The van der Waals surface area contributed by atoms with Gasteiger partial charge in [0.2, 0.25) is 5.91 Å². The number of likely N-dealkylation sites (tertiary alicyclic amines) is 1. The molecule has 1 fully saturated rings. The summed E-state index contributed by atoms with van der Waals surface area (Å²) in [6, 6.07) is 2.18. The Morgan fingerprint density at radius 2 is 2.19 bits per heavy atom. The number of nitrogens with zero attached hydrogens (tertiary/aromatic N) is 2. The van der Waals surface area contributed by atoms with Gasteiger partial charge in [-0.3, -0.25) is 4.79 Å². The van der Waals surface area contributed by atoms with Crippen molar-refractivity contribution in [1.82, 2.24) is 14.9 Å². The molecule has 136 valence electrons. The van der Waals surface area contributed by atoms with Crippen LogP contribution in [0.1, 0.15) is 46.8 Å². The smallest absolute Gasteiger partial charge is 0.227 e. The number of aryl methyl sites for hydroxylation is 3. The lowest BCUT2D eigenvalue weighted by Gasteiger charge is -2.32. The van der Waals surface area contributed by atoms with Crippen molar-refractivity contribution in [2.75, 3.05) is 13.1 Å². The van der Waals surface area contributed by atoms with Gasteiger partial charge in [-0.25, -0.2) is 4.98 Å². The first-order chi connectivity index (χ1) is 12.5. The largest absolute Gasteiger partial charge is 0.464 e. The van der Waals surface area contributed by atoms with E-state index in [4.69, 9.17) is 4.42 Å². The second kappa shape index (κ2) is 6.63. The Hall–Kier alpha value is -2.56. The van der Waals surface area contributed by atoms with Gasteiger partial charge in [-0.2, -0.15) is 0 Å². The van der Waals surface area contributed by atoms with Crippen LogP contribution in [0.2, 0.25) is 0 Å². The number of benzene rings is 1. The molecule has 4 rings (SSSR count). The highest BCUT2D eigenvalue weighted by Gasteiger charge is 2.27. The monoisotopic (exact) mass is 351 g/mol. The average molecular weight is 351 g/mol. The first-order valence-electron chi connectivity index (χ1n) is 9.28. The minimum atomic E-state index is 0.168. The van der Waals surface area contributed by atoms with Gasteiger partial charge in [0.1, 0.15) is 11.4 Å². The van der Waals surface area contributed by atoms with Crippen molar-refractivity contribution in [2.24, 2.45) is 0 Å². The average Bonchev–Trinajstić information content (AvgIpc) is 3.30. The maximum atomic E-state index is 12.9. The van der Waals surface area contributed by atoms with E-state index in [-0.39, 0.29) is 5.91 Å². The zero-order valence-electron chi connectivity index (χ0n) is 15.6. The summed E-state index contributed by atoms with van der Waals surface area (Å²) in [5, 5.41) is 1.10. The fraction of sp³-hybridized carbons (Fsp3) is 0.429. The highest BCUT2D eigenvalue weighted by atomic mass is 16.3. The van der Waals surface area contributed by atoms with Crippen molar-refractivity contribution >= 4 is 16.9 Å². The molecule has 3 aromatic rings. The van der Waals surface area contributed by atoms with Crippen LogP contribution in [0.25, 0.3) is 11.0 Å². The van der Waals surface area contributed by atoms with Crippen molar-refractivity contribution in [3.63, 3.8) is 0 Å². The van der Waals surface area contributed by atoms with Crippen molar-refractivity contribution in [2.45, 2.75) is 46.0 Å². The molecule has 2 aromatic heterocycles. The molecule has 3 heterocycles. The summed E-state index contributed by atoms with van der Waals surface area (Å²) in [5.41, 5.74) is 5.45. The second-order valence-corrected chi connectivity index (χ2v) is 7.43. The Kier molecular flexibility index (Phi) is 4.31. The predicted molar refractivity (Wildman–Crippen MR) is 101 cm³/mol. The lowest BCUT2D eigenvalue weighted by atomic mass is 9.96. The van der Waals surface area contributed by atoms with Gasteiger partial charge in [0.05, 0.1) is 12.7 Å². The van der Waals surface area contributed by atoms with E-state index in [1.54, 1.807) is 12.5 Å². The number of imidazole rings is 1. The molecule has 0 spiro atoms. The first-order valence-corrected chi connectivity index (χ1v) is 9.28. The molecule has 5 nitrogen and oxygen atoms in total. The van der Waals surface area contributed by atoms with Crippen LogP contribution in [-0.4, -0.2) is 33.9 Å². The molecule has 0 bridgehead atoms. The van der Waals surface area contributed by atoms with Gasteiger partial charge in [-0.1, -0.05) is 6.07 Å². The predicted octanol–water partition coefficient (Wildman–Crippen LogP) is 4.03. The van der Waals surface area contributed by atoms with E-state index in [1.165, 1.54) is 11.1 Å². The molecule has 0 aliphatic carbocycles. The topological polar surface area (TPSA) is 62.1 Å². The second-order valence-electron chi connectivity index (χ2n) is 7.43. The van der Waals surface area contributed by atoms with Crippen molar-refractivity contribution < 1.29 is 9.21 Å². The molecule has 5 heteroatoms. The fourth-order valence-corrected chi connectivity index (χ4v) is 4.12. The number of piperidine rings is 1. The fourth-order valence-electron chi connectivity index (χ4n) is 4.12. The van der Waals surface area contributed by atoms with Crippen LogP contribution in [0.4, 0.5) is 0 Å². The summed E-state index contributed by atoms with van der Waals surface area (Å²) >= 11 is 0. The summed E-state index contributed by atoms with van der Waals surface area (Å²) in [5.74, 6) is 1.45. The van der Waals surface area contributed by atoms with E-state index >= 15 is 0 Å². The quantitative estimate of drug-likeness (QED) is 0.775. The lowest BCUT2D eigenvalue weighted by Crippen LogP contribution is -2.40. The molecule has 1 amide bonds. The summed E-state index contributed by atoms with van der Waals surface area (Å²) in [4.78, 5) is 22.5. The van der Waals surface area contributed by atoms with E-state index in [1.807, 2.05) is 11.1 Å². The van der Waals surface area contributed by atoms with Gasteiger partial charge in [0, 0.05) is 42.4 Å². The van der Waals surface area contributed by atoms with Crippen LogP contribution in [0.15, 0.2) is 29.1 Å². The Labute approximate surface area is 153 Å². The number of carbonyl (C=O) groups excluding carboxylic acids is 1. The molecular formula is C21H25N3O2. The van der Waals surface area contributed by atoms with Crippen LogP contribution >= 0.6 is 0 Å². The van der Waals surface area contributed by atoms with E-state index in [9.17, 15) is 4.79 Å². The minimum Gasteiger partial charge on any atom is -0.464 e. The number of H-pyrrole nitrogens is 1. The number of aromatic nitrogens is 2. The zero-order valence-corrected chi connectivity index (χ0v) is 15.6. The summed E-state index contributed by atoms with van der Waals surface area (Å²) < 4.78 is 5.82. The van der Waals surface area contributed by atoms with Gasteiger partial charge in [0.25, 0.3) is 0 Å².